The van der Waals surface area contributed by atoms with E-state index in [0.717, 1.165) is 10.8 Å². The molecular formula is C19H23N4O15P3. The highest BCUT2D eigenvalue weighted by Crippen LogP contribution is 2.66. The average Bonchev–Trinajstić information content (AvgIpc) is 3.19. The SMILES string of the molecule is Nc1ccccc1C(=O)NCC#Cc1cn([C@H]2C[C@H](O)[C@@H](COP(=O)(O)OP(=O)(O)OP(=O)(O)O)O2)c(=O)[nH]c1=O. The molecule has 22 heteroatoms. The first-order valence-electron chi connectivity index (χ1n) is 11.1. The highest BCUT2D eigenvalue weighted by atomic mass is 31.3. The number of amides is 1. The number of carbonyl (C=O) groups excluding carboxylic acids is 1. The van der Waals surface area contributed by atoms with Crippen molar-refractivity contribution in [2.45, 2.75) is 24.9 Å². The summed E-state index contributed by atoms with van der Waals surface area (Å²) in [6.45, 7) is -1.15. The van der Waals surface area contributed by atoms with Crippen LogP contribution in [0, 0.1) is 11.8 Å². The topological polar surface area (TPSA) is 299 Å². The van der Waals surface area contributed by atoms with Crippen LogP contribution in [0.1, 0.15) is 28.6 Å². The molecule has 1 aromatic heterocycles. The standard InChI is InChI=1S/C19H23N4O15P3/c20-13-6-2-1-5-12(13)18(26)21-7-3-4-11-9-23(19(27)22-17(11)25)16-8-14(24)15(36-16)10-35-40(31,32)38-41(33,34)37-39(28,29)30/h1-2,5-6,9,14-16,24H,7-8,10,20H2,(H,21,26)(H,31,32)(H,33,34)(H,22,25,27)(H2,28,29,30)/t14-,15+,16+/m0/s1. The Morgan fingerprint density at radius 1 is 1.15 bits per heavy atom. The predicted molar refractivity (Wildman–Crippen MR) is 136 cm³/mol. The van der Waals surface area contributed by atoms with Gasteiger partial charge in [-0.1, -0.05) is 24.0 Å². The predicted octanol–water partition coefficient (Wildman–Crippen LogP) is -1.11. The van der Waals surface area contributed by atoms with Crippen molar-refractivity contribution in [2.24, 2.45) is 0 Å². The van der Waals surface area contributed by atoms with Crippen LogP contribution in [0.25, 0.3) is 0 Å². The van der Waals surface area contributed by atoms with Gasteiger partial charge in [0.05, 0.1) is 24.8 Å². The number of hydrogen-bond acceptors (Lipinski definition) is 12. The number of phosphoric acid groups is 3. The number of H-pyrrole nitrogens is 1. The first-order chi connectivity index (χ1) is 19.0. The number of nitrogens with two attached hydrogens (primary N) is 1. The Bertz CT molecular complexity index is 1620. The van der Waals surface area contributed by atoms with Gasteiger partial charge in [0, 0.05) is 18.3 Å². The molecule has 3 rings (SSSR count). The minimum atomic E-state index is -5.75. The molecule has 1 aromatic carbocycles. The fourth-order valence-corrected chi connectivity index (χ4v) is 6.39. The van der Waals surface area contributed by atoms with Crippen molar-refractivity contribution < 1.29 is 61.1 Å². The minimum Gasteiger partial charge on any atom is -0.398 e. The van der Waals surface area contributed by atoms with E-state index in [4.69, 9.17) is 20.3 Å². The summed E-state index contributed by atoms with van der Waals surface area (Å²) in [5, 5.41) is 12.7. The number of nitrogens with one attached hydrogen (secondary N) is 2. The normalized spacial score (nSPS) is 21.7. The van der Waals surface area contributed by atoms with Crippen molar-refractivity contribution in [3.63, 3.8) is 0 Å². The summed E-state index contributed by atoms with van der Waals surface area (Å²) in [6.07, 6.45) is -3.37. The van der Waals surface area contributed by atoms with Gasteiger partial charge < -0.3 is 40.5 Å². The van der Waals surface area contributed by atoms with Gasteiger partial charge in [-0.15, -0.1) is 0 Å². The molecule has 1 aliphatic rings. The molecule has 224 valence electrons. The van der Waals surface area contributed by atoms with Crippen molar-refractivity contribution in [3.05, 3.63) is 62.4 Å². The van der Waals surface area contributed by atoms with E-state index in [1.54, 1.807) is 12.1 Å². The smallest absolute Gasteiger partial charge is 0.398 e. The number of nitrogen functional groups attached to an aromatic ring is 1. The van der Waals surface area contributed by atoms with E-state index in [-0.39, 0.29) is 29.8 Å². The monoisotopic (exact) mass is 640 g/mol. The second-order valence-corrected chi connectivity index (χ2v) is 12.5. The summed E-state index contributed by atoms with van der Waals surface area (Å²) in [5.41, 5.74) is 4.17. The van der Waals surface area contributed by atoms with Crippen molar-refractivity contribution in [1.29, 1.82) is 0 Å². The number of phosphoric ester groups is 1. The Morgan fingerprint density at radius 2 is 1.83 bits per heavy atom. The molecular weight excluding hydrogens is 617 g/mol. The number of para-hydroxylation sites is 1. The molecule has 0 bridgehead atoms. The number of carbonyl (C=O) groups is 1. The lowest BCUT2D eigenvalue weighted by Gasteiger charge is -2.19. The lowest BCUT2D eigenvalue weighted by molar-refractivity contribution is -0.0450. The number of nitrogens with zero attached hydrogens (tertiary/aromatic N) is 1. The summed E-state index contributed by atoms with van der Waals surface area (Å²) in [7, 11) is -16.8. The first kappa shape index (κ1) is 32.6. The first-order valence-corrected chi connectivity index (χ1v) is 15.6. The van der Waals surface area contributed by atoms with Gasteiger partial charge in [-0.3, -0.25) is 23.7 Å². The van der Waals surface area contributed by atoms with Crippen LogP contribution in [0.4, 0.5) is 5.69 Å². The summed E-state index contributed by atoms with van der Waals surface area (Å²) < 4.78 is 51.9. The Balaban J connectivity index is 1.64. The molecule has 9 N–H and O–H groups in total. The molecule has 0 saturated carbocycles. The number of aromatic nitrogens is 2. The van der Waals surface area contributed by atoms with Crippen LogP contribution < -0.4 is 22.3 Å². The third-order valence-electron chi connectivity index (χ3n) is 5.07. The number of aliphatic hydroxyl groups is 1. The molecule has 0 radical (unpaired) electrons. The Morgan fingerprint density at radius 3 is 2.49 bits per heavy atom. The number of aromatic amines is 1. The zero-order valence-electron chi connectivity index (χ0n) is 20.4. The van der Waals surface area contributed by atoms with Crippen LogP contribution in [0.5, 0.6) is 0 Å². The van der Waals surface area contributed by atoms with Crippen LogP contribution in [-0.4, -0.2) is 65.5 Å². The molecule has 1 amide bonds. The quantitative estimate of drug-likeness (QED) is 0.0867. The van der Waals surface area contributed by atoms with Gasteiger partial charge >= 0.3 is 29.2 Å². The number of aliphatic hydroxyl groups excluding tert-OH is 1. The molecule has 1 saturated heterocycles. The molecule has 0 aliphatic carbocycles. The number of anilines is 1. The zero-order valence-corrected chi connectivity index (χ0v) is 23.1. The average molecular weight is 640 g/mol. The molecule has 2 aromatic rings. The molecule has 5 atom stereocenters. The number of benzene rings is 1. The Labute approximate surface area is 229 Å². The third-order valence-corrected chi connectivity index (χ3v) is 8.87. The van der Waals surface area contributed by atoms with E-state index >= 15 is 0 Å². The van der Waals surface area contributed by atoms with Crippen LogP contribution in [-0.2, 0) is 31.6 Å². The number of rotatable bonds is 10. The summed E-state index contributed by atoms with van der Waals surface area (Å²) in [4.78, 5) is 74.6. The fraction of sp³-hybridized carbons (Fsp3) is 0.316. The molecule has 19 nitrogen and oxygen atoms in total. The van der Waals surface area contributed by atoms with Crippen LogP contribution in [0.3, 0.4) is 0 Å². The third kappa shape index (κ3) is 9.55. The highest BCUT2D eigenvalue weighted by molar-refractivity contribution is 7.66. The minimum absolute atomic E-state index is 0.187. The number of ether oxygens (including phenoxy) is 1. The zero-order chi connectivity index (χ0) is 30.6. The lowest BCUT2D eigenvalue weighted by atomic mass is 10.1. The van der Waals surface area contributed by atoms with E-state index < -0.39 is 65.7 Å². The number of hydrogen-bond donors (Lipinski definition) is 8. The van der Waals surface area contributed by atoms with Gasteiger partial charge in [-0.25, -0.2) is 18.5 Å². The molecule has 1 fully saturated rings. The van der Waals surface area contributed by atoms with Gasteiger partial charge in [0.25, 0.3) is 11.5 Å². The van der Waals surface area contributed by atoms with E-state index in [1.807, 2.05) is 4.98 Å². The molecule has 2 heterocycles. The van der Waals surface area contributed by atoms with Crippen LogP contribution in [0.15, 0.2) is 40.1 Å². The van der Waals surface area contributed by atoms with E-state index in [1.165, 1.54) is 12.1 Å². The fourth-order valence-electron chi connectivity index (χ4n) is 3.36. The summed E-state index contributed by atoms with van der Waals surface area (Å²) in [5.74, 6) is 4.52. The van der Waals surface area contributed by atoms with E-state index in [9.17, 15) is 43.0 Å². The molecule has 0 spiro atoms. The van der Waals surface area contributed by atoms with Crippen LogP contribution in [0.2, 0.25) is 0 Å². The van der Waals surface area contributed by atoms with Gasteiger partial charge in [-0.05, 0) is 12.1 Å². The van der Waals surface area contributed by atoms with Gasteiger partial charge in [0.15, 0.2) is 0 Å². The van der Waals surface area contributed by atoms with Gasteiger partial charge in [0.2, 0.25) is 0 Å². The van der Waals surface area contributed by atoms with Crippen molar-refractivity contribution in [2.75, 3.05) is 18.9 Å². The highest BCUT2D eigenvalue weighted by Gasteiger charge is 2.43. The maximum Gasteiger partial charge on any atom is 0.490 e. The molecule has 2 unspecified atom stereocenters. The maximum atomic E-state index is 12.3. The Hall–Kier alpha value is -2.94. The van der Waals surface area contributed by atoms with Crippen molar-refractivity contribution in [1.82, 2.24) is 14.9 Å². The van der Waals surface area contributed by atoms with Gasteiger partial charge in [0.1, 0.15) is 17.9 Å². The second kappa shape index (κ2) is 12.9. The van der Waals surface area contributed by atoms with Crippen molar-refractivity contribution >= 4 is 35.1 Å². The summed E-state index contributed by atoms with van der Waals surface area (Å²) >= 11 is 0. The van der Waals surface area contributed by atoms with Crippen LogP contribution >= 0.6 is 23.5 Å². The second-order valence-electron chi connectivity index (χ2n) is 8.10. The lowest BCUT2D eigenvalue weighted by Crippen LogP contribution is -2.34. The maximum absolute atomic E-state index is 12.3. The Kier molecular flexibility index (Phi) is 10.3. The van der Waals surface area contributed by atoms with E-state index in [2.05, 4.69) is 30.3 Å². The van der Waals surface area contributed by atoms with Gasteiger partial charge in [-0.2, -0.15) is 8.62 Å². The van der Waals surface area contributed by atoms with E-state index in [0.29, 0.717) is 0 Å². The largest absolute Gasteiger partial charge is 0.490 e. The summed E-state index contributed by atoms with van der Waals surface area (Å²) in [6, 6.07) is 6.31. The van der Waals surface area contributed by atoms with Crippen molar-refractivity contribution in [3.8, 4) is 11.8 Å². The molecule has 1 aliphatic heterocycles. The molecule has 41 heavy (non-hydrogen) atoms.